The van der Waals surface area contributed by atoms with Gasteiger partial charge in [0.2, 0.25) is 11.6 Å². The van der Waals surface area contributed by atoms with Crippen LogP contribution in [0.3, 0.4) is 0 Å². The smallest absolute Gasteiger partial charge is 0.410 e. The maximum atomic E-state index is 14.8. The number of likely N-dealkylation sites (tertiary alicyclic amines) is 1. The number of methoxy groups -OCH3 is 1. The van der Waals surface area contributed by atoms with Crippen molar-refractivity contribution in [1.29, 1.82) is 0 Å². The van der Waals surface area contributed by atoms with E-state index in [9.17, 15) is 33.9 Å². The largest absolute Gasteiger partial charge is 0.507 e. The number of hydrogen-bond acceptors (Lipinski definition) is 15. The number of morpholine rings is 1. The number of nitrogens with zero attached hydrogens (tertiary/aromatic N) is 2. The van der Waals surface area contributed by atoms with Crippen LogP contribution in [0.1, 0.15) is 98.4 Å². The van der Waals surface area contributed by atoms with Gasteiger partial charge in [0, 0.05) is 74.9 Å². The number of carbonyl (C=O) groups is 6. The molecule has 0 unspecified atom stereocenters. The van der Waals surface area contributed by atoms with Gasteiger partial charge in [-0.15, -0.1) is 0 Å². The van der Waals surface area contributed by atoms with Crippen LogP contribution in [-0.2, 0) is 38.0 Å². The highest BCUT2D eigenvalue weighted by molar-refractivity contribution is 6.32. The van der Waals surface area contributed by atoms with Gasteiger partial charge in [-0.05, 0) is 33.8 Å². The average Bonchev–Trinajstić information content (AvgIpc) is 3.81. The Labute approximate surface area is 372 Å². The van der Waals surface area contributed by atoms with Crippen LogP contribution in [0.15, 0.2) is 47.5 Å². The number of phenols is 1. The second-order valence-electron chi connectivity index (χ2n) is 18.2. The molecule has 3 fully saturated rings. The Morgan fingerprint density at radius 1 is 0.875 bits per heavy atom. The minimum absolute atomic E-state index is 0.0106. The summed E-state index contributed by atoms with van der Waals surface area (Å²) in [5, 5.41) is 14.3. The number of Topliss-reactive ketones (excluding diaryl/α,β-unsaturated/α-hetero) is 4. The van der Waals surface area contributed by atoms with Gasteiger partial charge in [-0.25, -0.2) is 4.79 Å². The number of rotatable bonds is 3. The molecule has 2 N–H and O–H groups in total. The van der Waals surface area contributed by atoms with Gasteiger partial charge in [0.25, 0.3) is 11.7 Å². The van der Waals surface area contributed by atoms with Crippen molar-refractivity contribution in [2.75, 3.05) is 46.5 Å². The first-order valence-corrected chi connectivity index (χ1v) is 21.9. The van der Waals surface area contributed by atoms with Crippen molar-refractivity contribution in [2.45, 2.75) is 105 Å². The monoisotopic (exact) mass is 889 g/mol. The fourth-order valence-electron chi connectivity index (χ4n) is 9.64. The zero-order chi connectivity index (χ0) is 46.6. The number of ether oxygens (including phenoxy) is 7. The summed E-state index contributed by atoms with van der Waals surface area (Å²) < 4.78 is 43.2. The number of benzene rings is 1. The van der Waals surface area contributed by atoms with Crippen LogP contribution in [0.2, 0.25) is 0 Å². The molecular weight excluding hydrogens is 831 g/mol. The molecule has 346 valence electrons. The molecule has 7 aliphatic rings. The molecule has 1 aromatic carbocycles. The van der Waals surface area contributed by atoms with Crippen LogP contribution in [0.5, 0.6) is 11.5 Å². The van der Waals surface area contributed by atoms with Gasteiger partial charge in [-0.1, -0.05) is 45.9 Å². The van der Waals surface area contributed by atoms with Gasteiger partial charge in [0.05, 0.1) is 61.0 Å². The minimum Gasteiger partial charge on any atom is -0.507 e. The number of carbonyl (C=O) groups excluding carboxylic acids is 6. The second kappa shape index (κ2) is 17.9. The fourth-order valence-corrected chi connectivity index (χ4v) is 9.64. The number of aromatic hydroxyl groups is 1. The minimum atomic E-state index is -2.08. The van der Waals surface area contributed by atoms with E-state index in [2.05, 4.69) is 5.32 Å². The number of amides is 2. The van der Waals surface area contributed by atoms with Crippen LogP contribution in [0.25, 0.3) is 0 Å². The number of fused-ring (bicyclic) bond motifs is 10. The summed E-state index contributed by atoms with van der Waals surface area (Å²) in [6.07, 6.45) is 4.98. The molecule has 8 rings (SSSR count). The van der Waals surface area contributed by atoms with E-state index >= 15 is 0 Å². The highest BCUT2D eigenvalue weighted by Crippen LogP contribution is 2.49. The number of hydrogen-bond donors (Lipinski definition) is 2. The maximum absolute atomic E-state index is 14.8. The van der Waals surface area contributed by atoms with E-state index in [-0.39, 0.29) is 103 Å². The molecule has 3 saturated heterocycles. The van der Waals surface area contributed by atoms with Crippen molar-refractivity contribution in [2.24, 2.45) is 23.7 Å². The zero-order valence-electron chi connectivity index (χ0n) is 38.1. The van der Waals surface area contributed by atoms with E-state index in [0.717, 1.165) is 0 Å². The predicted octanol–water partition coefficient (Wildman–Crippen LogP) is 4.94. The Morgan fingerprint density at radius 2 is 1.56 bits per heavy atom. The van der Waals surface area contributed by atoms with Crippen LogP contribution in [0, 0.1) is 30.6 Å². The lowest BCUT2D eigenvalue weighted by Crippen LogP contribution is -2.57. The second-order valence-corrected chi connectivity index (χ2v) is 18.2. The topological polar surface area (TPSA) is 206 Å². The standard InChI is InChI=1S/C47H59N3O14/c1-23-12-11-13-24(2)44(56)48-34-35(49-17-20-59-21-18-49)38(54)31-32(37(34)53)36(52)26(4)42-33(31)43(55)47(9,64-42)60-19-15-30(58-10)25(3)40(61-45(57)50-16-14-29(51)22-50)28(6)41-27(5)39(23)62-46(7,8)63-41/h11-13,15,19,23,25,27-28,30,39-41,52H,14,16-18,20-22H2,1-10H3,(H,48,56)/b12-11+,19-15+,24-13-/t23-,25+,27+,28-,30-,39-,40+,41+,47-/m0/s1. The lowest BCUT2D eigenvalue weighted by atomic mass is 9.77. The fraction of sp³-hybridized carbons (Fsp3) is 0.574. The lowest BCUT2D eigenvalue weighted by molar-refractivity contribution is -0.336. The van der Waals surface area contributed by atoms with Crippen LogP contribution < -0.4 is 10.1 Å². The van der Waals surface area contributed by atoms with E-state index in [4.69, 9.17) is 33.2 Å². The molecule has 0 spiro atoms. The van der Waals surface area contributed by atoms with Gasteiger partial charge < -0.3 is 53.4 Å². The van der Waals surface area contributed by atoms with Gasteiger partial charge in [0.15, 0.2) is 11.6 Å². The van der Waals surface area contributed by atoms with Crippen molar-refractivity contribution < 1.29 is 67.0 Å². The molecule has 0 saturated carbocycles. The number of phenolic OH excluding ortho intramolecular Hbond substituents is 1. The molecule has 17 nitrogen and oxygen atoms in total. The number of ketones is 4. The summed E-state index contributed by atoms with van der Waals surface area (Å²) in [6, 6.07) is 0. The Bertz CT molecular complexity index is 2250. The van der Waals surface area contributed by atoms with Crippen molar-refractivity contribution in [3.63, 3.8) is 0 Å². The summed E-state index contributed by atoms with van der Waals surface area (Å²) in [7, 11) is 1.48. The van der Waals surface area contributed by atoms with E-state index in [1.54, 1.807) is 30.1 Å². The van der Waals surface area contributed by atoms with E-state index in [0.29, 0.717) is 0 Å². The molecule has 64 heavy (non-hydrogen) atoms. The lowest BCUT2D eigenvalue weighted by Gasteiger charge is -2.50. The Hall–Kier alpha value is -5.36. The summed E-state index contributed by atoms with van der Waals surface area (Å²) in [4.78, 5) is 86.8. The van der Waals surface area contributed by atoms with Gasteiger partial charge >= 0.3 is 11.9 Å². The van der Waals surface area contributed by atoms with Crippen molar-refractivity contribution in [3.05, 3.63) is 69.8 Å². The van der Waals surface area contributed by atoms with E-state index < -0.39 is 88.5 Å². The van der Waals surface area contributed by atoms with E-state index in [1.165, 1.54) is 32.1 Å². The normalized spacial score (nSPS) is 34.2. The zero-order valence-corrected chi connectivity index (χ0v) is 38.1. The third-order valence-electron chi connectivity index (χ3n) is 13.2. The first-order valence-electron chi connectivity index (χ1n) is 21.9. The molecule has 0 aromatic heterocycles. The maximum Gasteiger partial charge on any atom is 0.410 e. The molecule has 17 heteroatoms. The van der Waals surface area contributed by atoms with Gasteiger partial charge in [-0.2, -0.15) is 0 Å². The van der Waals surface area contributed by atoms with Crippen LogP contribution >= 0.6 is 0 Å². The molecule has 2 amide bonds. The third-order valence-corrected chi connectivity index (χ3v) is 13.2. The summed E-state index contributed by atoms with van der Waals surface area (Å²) in [5.74, 6) is -8.57. The van der Waals surface area contributed by atoms with Crippen molar-refractivity contribution >= 4 is 35.1 Å². The average molecular weight is 890 g/mol. The predicted molar refractivity (Wildman–Crippen MR) is 228 cm³/mol. The SMILES string of the molecule is CO[C@H]1/C=C/O[C@@]2(C)Oc3c(C)c(O)c4c(c3C2=O)C(=O)C(N2CCOCC2)=C(NC(=O)/C(C)=C\C=C\[C@H](C)[C@@H]2OC(C)(C)O[C@@H]([C@@H](C)[C@H](OC(=O)N3CCC(=O)C3)[C@@H]1C)[C@@H]2C)C4=O. The Kier molecular flexibility index (Phi) is 13.0. The number of nitrogens with one attached hydrogen (secondary N) is 1. The first-order chi connectivity index (χ1) is 30.2. The molecule has 6 heterocycles. The molecule has 9 atom stereocenters. The summed E-state index contributed by atoms with van der Waals surface area (Å²) in [5.41, 5.74) is -1.32. The van der Waals surface area contributed by atoms with Crippen molar-refractivity contribution in [1.82, 2.24) is 15.1 Å². The van der Waals surface area contributed by atoms with Crippen LogP contribution in [0.4, 0.5) is 4.79 Å². The third kappa shape index (κ3) is 8.50. The van der Waals surface area contributed by atoms with E-state index in [1.807, 2.05) is 47.6 Å². The highest BCUT2D eigenvalue weighted by atomic mass is 16.7. The van der Waals surface area contributed by atoms with Gasteiger partial charge in [-0.3, -0.25) is 24.0 Å². The molecule has 1 aliphatic carbocycles. The molecule has 7 bridgehead atoms. The molecule has 0 radical (unpaired) electrons. The molecule has 6 aliphatic heterocycles. The van der Waals surface area contributed by atoms with Crippen LogP contribution in [-0.4, -0.2) is 133 Å². The summed E-state index contributed by atoms with van der Waals surface area (Å²) in [6.45, 7) is 16.8. The number of allylic oxidation sites excluding steroid dienone is 4. The first kappa shape index (κ1) is 46.6. The van der Waals surface area contributed by atoms with Gasteiger partial charge in [0.1, 0.15) is 29.0 Å². The highest BCUT2D eigenvalue weighted by Gasteiger charge is 2.54. The Morgan fingerprint density at radius 3 is 2.22 bits per heavy atom. The Balaban J connectivity index is 1.34. The molecule has 1 aromatic rings. The molecular formula is C47H59N3O14. The quantitative estimate of drug-likeness (QED) is 0.413. The summed E-state index contributed by atoms with van der Waals surface area (Å²) >= 11 is 0. The van der Waals surface area contributed by atoms with Crippen molar-refractivity contribution in [3.8, 4) is 11.5 Å².